The van der Waals surface area contributed by atoms with E-state index in [4.69, 9.17) is 4.74 Å². The highest BCUT2D eigenvalue weighted by Crippen LogP contribution is 2.10. The first-order valence-electron chi connectivity index (χ1n) is 6.02. The van der Waals surface area contributed by atoms with Crippen LogP contribution in [0.4, 0.5) is 0 Å². The molecule has 1 unspecified atom stereocenters. The van der Waals surface area contributed by atoms with E-state index in [9.17, 15) is 9.90 Å². The van der Waals surface area contributed by atoms with Gasteiger partial charge in [-0.05, 0) is 26.3 Å². The van der Waals surface area contributed by atoms with Crippen LogP contribution in [0.25, 0.3) is 0 Å². The smallest absolute Gasteiger partial charge is 0.246 e. The zero-order valence-corrected chi connectivity index (χ0v) is 11.1. The Labute approximate surface area is 108 Å². The minimum absolute atomic E-state index is 0.00497. The van der Waals surface area contributed by atoms with Crippen molar-refractivity contribution in [3.8, 4) is 0 Å². The van der Waals surface area contributed by atoms with Crippen molar-refractivity contribution in [2.24, 2.45) is 0 Å². The lowest BCUT2D eigenvalue weighted by atomic mass is 10.1. The van der Waals surface area contributed by atoms with Crippen LogP contribution in [0.3, 0.4) is 0 Å². The van der Waals surface area contributed by atoms with Crippen molar-refractivity contribution in [2.75, 3.05) is 13.2 Å². The molecule has 0 saturated carbocycles. The highest BCUT2D eigenvalue weighted by molar-refractivity contribution is 5.77. The number of carbonyl (C=O) groups is 1. The predicted octanol–water partition coefficient (Wildman–Crippen LogP) is 1.65. The quantitative estimate of drug-likeness (QED) is 0.836. The lowest BCUT2D eigenvalue weighted by molar-refractivity contribution is -0.131. The van der Waals surface area contributed by atoms with Crippen molar-refractivity contribution < 1.29 is 14.6 Å². The highest BCUT2D eigenvalue weighted by Gasteiger charge is 2.14. The molecule has 0 fully saturated rings. The summed E-state index contributed by atoms with van der Waals surface area (Å²) in [7, 11) is 0. The second-order valence-corrected chi connectivity index (χ2v) is 5.13. The Morgan fingerprint density at radius 2 is 1.94 bits per heavy atom. The Balaban J connectivity index is 2.31. The molecular weight excluding hydrogens is 230 g/mol. The van der Waals surface area contributed by atoms with Crippen LogP contribution < -0.4 is 5.32 Å². The third-order valence-corrected chi connectivity index (χ3v) is 2.31. The van der Waals surface area contributed by atoms with E-state index < -0.39 is 6.10 Å². The summed E-state index contributed by atoms with van der Waals surface area (Å²) < 4.78 is 5.34. The molecular formula is C14H21NO3. The molecule has 0 aliphatic rings. The van der Waals surface area contributed by atoms with Crippen molar-refractivity contribution >= 4 is 5.91 Å². The summed E-state index contributed by atoms with van der Waals surface area (Å²) >= 11 is 0. The largest absolute Gasteiger partial charge is 0.387 e. The minimum atomic E-state index is -0.690. The fourth-order valence-corrected chi connectivity index (χ4v) is 1.34. The van der Waals surface area contributed by atoms with Crippen molar-refractivity contribution in [1.29, 1.82) is 0 Å². The molecule has 0 radical (unpaired) electrons. The Bertz CT molecular complexity index is 370. The molecule has 4 nitrogen and oxygen atoms in total. The Kier molecular flexibility index (Phi) is 5.31. The Morgan fingerprint density at radius 1 is 1.33 bits per heavy atom. The van der Waals surface area contributed by atoms with Gasteiger partial charge in [0.2, 0.25) is 5.91 Å². The molecule has 18 heavy (non-hydrogen) atoms. The summed E-state index contributed by atoms with van der Waals surface area (Å²) in [5.41, 5.74) is 0.449. The van der Waals surface area contributed by atoms with E-state index in [0.29, 0.717) is 0 Å². The summed E-state index contributed by atoms with van der Waals surface area (Å²) in [4.78, 5) is 11.5. The molecule has 0 aliphatic carbocycles. The normalized spacial score (nSPS) is 13.1. The molecule has 0 bridgehead atoms. The number of benzene rings is 1. The summed E-state index contributed by atoms with van der Waals surface area (Å²) in [6, 6.07) is 9.23. The zero-order valence-electron chi connectivity index (χ0n) is 11.1. The molecule has 1 aromatic carbocycles. The fraction of sp³-hybridized carbons (Fsp3) is 0.500. The average Bonchev–Trinajstić information content (AvgIpc) is 2.33. The van der Waals surface area contributed by atoms with Gasteiger partial charge in [-0.15, -0.1) is 0 Å². The topological polar surface area (TPSA) is 58.6 Å². The van der Waals surface area contributed by atoms with Crippen LogP contribution >= 0.6 is 0 Å². The number of amides is 1. The number of aliphatic hydroxyl groups is 1. The summed E-state index contributed by atoms with van der Waals surface area (Å²) in [6.45, 7) is 5.86. The summed E-state index contributed by atoms with van der Waals surface area (Å²) in [5, 5.41) is 12.5. The van der Waals surface area contributed by atoms with Gasteiger partial charge in [0.1, 0.15) is 6.61 Å². The van der Waals surface area contributed by atoms with Crippen LogP contribution in [0, 0.1) is 0 Å². The molecule has 1 atom stereocenters. The second kappa shape index (κ2) is 6.52. The van der Waals surface area contributed by atoms with Gasteiger partial charge in [0.05, 0.1) is 11.7 Å². The number of nitrogens with one attached hydrogen (secondary N) is 1. The predicted molar refractivity (Wildman–Crippen MR) is 70.1 cm³/mol. The van der Waals surface area contributed by atoms with E-state index in [1.807, 2.05) is 51.1 Å². The van der Waals surface area contributed by atoms with Gasteiger partial charge < -0.3 is 15.2 Å². The maximum atomic E-state index is 11.5. The molecule has 1 aromatic rings. The number of rotatable bonds is 5. The van der Waals surface area contributed by atoms with Crippen molar-refractivity contribution in [2.45, 2.75) is 32.5 Å². The number of aliphatic hydroxyl groups excluding tert-OH is 1. The SMILES string of the molecule is CC(C)(C)OCC(=O)NCC(O)c1ccccc1. The molecule has 1 rings (SSSR count). The van der Waals surface area contributed by atoms with Crippen LogP contribution in [-0.4, -0.2) is 29.8 Å². The van der Waals surface area contributed by atoms with Gasteiger partial charge in [0, 0.05) is 6.54 Å². The van der Waals surface area contributed by atoms with Crippen LogP contribution in [-0.2, 0) is 9.53 Å². The van der Waals surface area contributed by atoms with Crippen LogP contribution in [0.5, 0.6) is 0 Å². The molecule has 4 heteroatoms. The van der Waals surface area contributed by atoms with Crippen LogP contribution in [0.1, 0.15) is 32.4 Å². The minimum Gasteiger partial charge on any atom is -0.387 e. The first-order valence-corrected chi connectivity index (χ1v) is 6.02. The van der Waals surface area contributed by atoms with E-state index in [-0.39, 0.29) is 24.7 Å². The van der Waals surface area contributed by atoms with Gasteiger partial charge in [-0.3, -0.25) is 4.79 Å². The van der Waals surface area contributed by atoms with Gasteiger partial charge in [0.15, 0.2) is 0 Å². The number of hydrogen-bond acceptors (Lipinski definition) is 3. The molecule has 0 saturated heterocycles. The third-order valence-electron chi connectivity index (χ3n) is 2.31. The third kappa shape index (κ3) is 5.80. The van der Waals surface area contributed by atoms with Gasteiger partial charge in [-0.2, -0.15) is 0 Å². The maximum absolute atomic E-state index is 11.5. The monoisotopic (exact) mass is 251 g/mol. The van der Waals surface area contributed by atoms with Gasteiger partial charge >= 0.3 is 0 Å². The second-order valence-electron chi connectivity index (χ2n) is 5.13. The maximum Gasteiger partial charge on any atom is 0.246 e. The standard InChI is InChI=1S/C14H21NO3/c1-14(2,3)18-10-13(17)15-9-12(16)11-7-5-4-6-8-11/h4-8,12,16H,9-10H2,1-3H3,(H,15,17). The zero-order chi connectivity index (χ0) is 13.6. The van der Waals surface area contributed by atoms with Crippen LogP contribution in [0.2, 0.25) is 0 Å². The average molecular weight is 251 g/mol. The van der Waals surface area contributed by atoms with Gasteiger partial charge in [-0.1, -0.05) is 30.3 Å². The van der Waals surface area contributed by atoms with Gasteiger partial charge in [-0.25, -0.2) is 0 Å². The Hall–Kier alpha value is -1.39. The van der Waals surface area contributed by atoms with Gasteiger partial charge in [0.25, 0.3) is 0 Å². The number of hydrogen-bond donors (Lipinski definition) is 2. The molecule has 0 aliphatic heterocycles. The van der Waals surface area contributed by atoms with E-state index >= 15 is 0 Å². The molecule has 100 valence electrons. The molecule has 0 heterocycles. The lowest BCUT2D eigenvalue weighted by Crippen LogP contribution is -2.34. The molecule has 0 aromatic heterocycles. The summed E-state index contributed by atoms with van der Waals surface area (Å²) in [6.07, 6.45) is -0.690. The Morgan fingerprint density at radius 3 is 2.50 bits per heavy atom. The van der Waals surface area contributed by atoms with E-state index in [0.717, 1.165) is 5.56 Å². The van der Waals surface area contributed by atoms with E-state index in [1.54, 1.807) is 0 Å². The number of ether oxygens (including phenoxy) is 1. The highest BCUT2D eigenvalue weighted by atomic mass is 16.5. The molecule has 0 spiro atoms. The molecule has 1 amide bonds. The fourth-order valence-electron chi connectivity index (χ4n) is 1.34. The van der Waals surface area contributed by atoms with Crippen molar-refractivity contribution in [3.63, 3.8) is 0 Å². The van der Waals surface area contributed by atoms with Crippen LogP contribution in [0.15, 0.2) is 30.3 Å². The van der Waals surface area contributed by atoms with E-state index in [2.05, 4.69) is 5.32 Å². The first kappa shape index (κ1) is 14.7. The molecule has 2 N–H and O–H groups in total. The summed E-state index contributed by atoms with van der Waals surface area (Å²) in [5.74, 6) is -0.222. The first-order chi connectivity index (χ1) is 8.38. The van der Waals surface area contributed by atoms with Crippen molar-refractivity contribution in [1.82, 2.24) is 5.32 Å². The van der Waals surface area contributed by atoms with E-state index in [1.165, 1.54) is 0 Å². The lowest BCUT2D eigenvalue weighted by Gasteiger charge is -2.19. The number of carbonyl (C=O) groups excluding carboxylic acids is 1. The van der Waals surface area contributed by atoms with Crippen molar-refractivity contribution in [3.05, 3.63) is 35.9 Å².